The van der Waals surface area contributed by atoms with Crippen LogP contribution in [0.3, 0.4) is 0 Å². The molecule has 0 spiro atoms. The molecule has 4 heteroatoms. The molecular formula is C12H22N2O2. The van der Waals surface area contributed by atoms with Crippen molar-refractivity contribution < 1.29 is 9.53 Å². The van der Waals surface area contributed by atoms with Crippen LogP contribution in [-0.2, 0) is 9.53 Å². The van der Waals surface area contributed by atoms with Crippen LogP contribution in [0, 0.1) is 5.92 Å². The maximum atomic E-state index is 11.6. The van der Waals surface area contributed by atoms with Gasteiger partial charge in [0.05, 0.1) is 13.2 Å². The summed E-state index contributed by atoms with van der Waals surface area (Å²) in [5.74, 6) is 0.543. The third-order valence-electron chi connectivity index (χ3n) is 3.51. The third kappa shape index (κ3) is 2.95. The summed E-state index contributed by atoms with van der Waals surface area (Å²) in [5.41, 5.74) is 0.0360. The summed E-state index contributed by atoms with van der Waals surface area (Å²) in [7, 11) is 0. The molecule has 16 heavy (non-hydrogen) atoms. The Bertz CT molecular complexity index is 256. The highest BCUT2D eigenvalue weighted by Gasteiger charge is 2.33. The van der Waals surface area contributed by atoms with E-state index in [0.29, 0.717) is 5.92 Å². The lowest BCUT2D eigenvalue weighted by Gasteiger charge is -2.40. The molecule has 2 aliphatic rings. The SMILES string of the molecule is CC(C)(CNC(=O)C1CC1)N1CCOCC1. The van der Waals surface area contributed by atoms with Crippen molar-refractivity contribution in [3.63, 3.8) is 0 Å². The van der Waals surface area contributed by atoms with E-state index in [2.05, 4.69) is 24.1 Å². The van der Waals surface area contributed by atoms with Crippen LogP contribution in [0.4, 0.5) is 0 Å². The fourth-order valence-corrected chi connectivity index (χ4v) is 2.07. The Morgan fingerprint density at radius 3 is 2.56 bits per heavy atom. The minimum atomic E-state index is 0.0360. The minimum absolute atomic E-state index is 0.0360. The van der Waals surface area contributed by atoms with Crippen molar-refractivity contribution in [3.8, 4) is 0 Å². The Balaban J connectivity index is 1.78. The van der Waals surface area contributed by atoms with Crippen molar-refractivity contribution in [2.45, 2.75) is 32.2 Å². The second-order valence-corrected chi connectivity index (χ2v) is 5.40. The lowest BCUT2D eigenvalue weighted by molar-refractivity contribution is -0.123. The first-order chi connectivity index (χ1) is 7.59. The molecule has 1 saturated carbocycles. The van der Waals surface area contributed by atoms with Crippen LogP contribution in [0.15, 0.2) is 0 Å². The van der Waals surface area contributed by atoms with E-state index in [4.69, 9.17) is 4.74 Å². The Morgan fingerprint density at radius 1 is 1.38 bits per heavy atom. The smallest absolute Gasteiger partial charge is 0.223 e. The Kier molecular flexibility index (Phi) is 3.50. The van der Waals surface area contributed by atoms with E-state index in [0.717, 1.165) is 45.7 Å². The molecule has 0 aromatic heterocycles. The van der Waals surface area contributed by atoms with Gasteiger partial charge in [0.25, 0.3) is 0 Å². The van der Waals surface area contributed by atoms with Crippen LogP contribution >= 0.6 is 0 Å². The fraction of sp³-hybridized carbons (Fsp3) is 0.917. The second-order valence-electron chi connectivity index (χ2n) is 5.40. The van der Waals surface area contributed by atoms with Gasteiger partial charge in [-0.3, -0.25) is 9.69 Å². The molecule has 2 fully saturated rings. The molecule has 0 unspecified atom stereocenters. The molecule has 1 N–H and O–H groups in total. The molecule has 1 heterocycles. The third-order valence-corrected chi connectivity index (χ3v) is 3.51. The van der Waals surface area contributed by atoms with E-state index in [-0.39, 0.29) is 11.4 Å². The summed E-state index contributed by atoms with van der Waals surface area (Å²) in [6, 6.07) is 0. The van der Waals surface area contributed by atoms with Gasteiger partial charge in [0.1, 0.15) is 0 Å². The van der Waals surface area contributed by atoms with Crippen molar-refractivity contribution in [1.82, 2.24) is 10.2 Å². The molecule has 1 aliphatic carbocycles. The molecule has 1 amide bonds. The van der Waals surface area contributed by atoms with Gasteiger partial charge in [0.2, 0.25) is 5.91 Å². The predicted octanol–water partition coefficient (Wildman–Crippen LogP) is 0.623. The van der Waals surface area contributed by atoms with Crippen LogP contribution in [0.25, 0.3) is 0 Å². The average molecular weight is 226 g/mol. The maximum absolute atomic E-state index is 11.6. The lowest BCUT2D eigenvalue weighted by Crippen LogP contribution is -2.55. The molecular weight excluding hydrogens is 204 g/mol. The monoisotopic (exact) mass is 226 g/mol. The Morgan fingerprint density at radius 2 is 2.00 bits per heavy atom. The van der Waals surface area contributed by atoms with Crippen molar-refractivity contribution >= 4 is 5.91 Å². The van der Waals surface area contributed by atoms with Crippen molar-refractivity contribution in [1.29, 1.82) is 0 Å². The number of hydrogen-bond acceptors (Lipinski definition) is 3. The van der Waals surface area contributed by atoms with Gasteiger partial charge in [-0.05, 0) is 26.7 Å². The number of morpholine rings is 1. The maximum Gasteiger partial charge on any atom is 0.223 e. The van der Waals surface area contributed by atoms with Crippen LogP contribution in [0.5, 0.6) is 0 Å². The zero-order chi connectivity index (χ0) is 11.6. The van der Waals surface area contributed by atoms with Gasteiger partial charge >= 0.3 is 0 Å². The van der Waals surface area contributed by atoms with E-state index >= 15 is 0 Å². The van der Waals surface area contributed by atoms with E-state index in [1.165, 1.54) is 0 Å². The standard InChI is InChI=1S/C12H22N2O2/c1-12(2,14-5-7-16-8-6-14)9-13-11(15)10-3-4-10/h10H,3-9H2,1-2H3,(H,13,15). The summed E-state index contributed by atoms with van der Waals surface area (Å²) >= 11 is 0. The van der Waals surface area contributed by atoms with Gasteiger partial charge in [-0.2, -0.15) is 0 Å². The summed E-state index contributed by atoms with van der Waals surface area (Å²) in [6.07, 6.45) is 2.15. The summed E-state index contributed by atoms with van der Waals surface area (Å²) in [6.45, 7) is 8.65. The van der Waals surface area contributed by atoms with Gasteiger partial charge in [0.15, 0.2) is 0 Å². The fourth-order valence-electron chi connectivity index (χ4n) is 2.07. The van der Waals surface area contributed by atoms with Crippen molar-refractivity contribution in [2.24, 2.45) is 5.92 Å². The molecule has 0 bridgehead atoms. The molecule has 4 nitrogen and oxygen atoms in total. The Labute approximate surface area is 97.3 Å². The van der Waals surface area contributed by atoms with Crippen molar-refractivity contribution in [2.75, 3.05) is 32.8 Å². The normalized spacial score (nSPS) is 23.1. The first-order valence-corrected chi connectivity index (χ1v) is 6.20. The summed E-state index contributed by atoms with van der Waals surface area (Å²) in [4.78, 5) is 14.0. The number of nitrogens with one attached hydrogen (secondary N) is 1. The topological polar surface area (TPSA) is 41.6 Å². The number of carbonyl (C=O) groups excluding carboxylic acids is 1. The van der Waals surface area contributed by atoms with Crippen LogP contribution in [0.1, 0.15) is 26.7 Å². The average Bonchev–Trinajstić information content (AvgIpc) is 3.11. The second kappa shape index (κ2) is 4.72. The molecule has 2 rings (SSSR count). The highest BCUT2D eigenvalue weighted by Crippen LogP contribution is 2.29. The molecule has 1 aliphatic heterocycles. The van der Waals surface area contributed by atoms with Crippen LogP contribution in [-0.4, -0.2) is 49.2 Å². The quantitative estimate of drug-likeness (QED) is 0.764. The highest BCUT2D eigenvalue weighted by molar-refractivity contribution is 5.80. The summed E-state index contributed by atoms with van der Waals surface area (Å²) in [5, 5.41) is 3.06. The van der Waals surface area contributed by atoms with E-state index in [1.54, 1.807) is 0 Å². The van der Waals surface area contributed by atoms with Crippen LogP contribution in [0.2, 0.25) is 0 Å². The lowest BCUT2D eigenvalue weighted by atomic mass is 10.0. The van der Waals surface area contributed by atoms with E-state index < -0.39 is 0 Å². The van der Waals surface area contributed by atoms with Gasteiger partial charge in [-0.25, -0.2) is 0 Å². The Hall–Kier alpha value is -0.610. The number of ether oxygens (including phenoxy) is 1. The molecule has 0 atom stereocenters. The minimum Gasteiger partial charge on any atom is -0.379 e. The predicted molar refractivity (Wildman–Crippen MR) is 62.2 cm³/mol. The molecule has 1 saturated heterocycles. The first kappa shape index (κ1) is 11.9. The molecule has 92 valence electrons. The van der Waals surface area contributed by atoms with E-state index in [1.807, 2.05) is 0 Å². The summed E-state index contributed by atoms with van der Waals surface area (Å²) < 4.78 is 5.34. The molecule has 0 aromatic carbocycles. The zero-order valence-electron chi connectivity index (χ0n) is 10.3. The number of nitrogens with zero attached hydrogens (tertiary/aromatic N) is 1. The largest absolute Gasteiger partial charge is 0.379 e. The highest BCUT2D eigenvalue weighted by atomic mass is 16.5. The molecule has 0 aromatic rings. The van der Waals surface area contributed by atoms with Crippen LogP contribution < -0.4 is 5.32 Å². The van der Waals surface area contributed by atoms with E-state index in [9.17, 15) is 4.79 Å². The number of hydrogen-bond donors (Lipinski definition) is 1. The van der Waals surface area contributed by atoms with Gasteiger partial charge in [-0.15, -0.1) is 0 Å². The van der Waals surface area contributed by atoms with Gasteiger partial charge in [-0.1, -0.05) is 0 Å². The number of rotatable bonds is 4. The van der Waals surface area contributed by atoms with Gasteiger partial charge in [0, 0.05) is 31.1 Å². The first-order valence-electron chi connectivity index (χ1n) is 6.20. The van der Waals surface area contributed by atoms with Crippen molar-refractivity contribution in [3.05, 3.63) is 0 Å². The molecule has 0 radical (unpaired) electrons. The van der Waals surface area contributed by atoms with Gasteiger partial charge < -0.3 is 10.1 Å². The zero-order valence-corrected chi connectivity index (χ0v) is 10.3. The number of amides is 1. The number of carbonyl (C=O) groups is 1.